The predicted molar refractivity (Wildman–Crippen MR) is 73.9 cm³/mol. The first-order chi connectivity index (χ1) is 9.70. The number of benzene rings is 2. The van der Waals surface area contributed by atoms with Gasteiger partial charge in [-0.1, -0.05) is 35.3 Å². The summed E-state index contributed by atoms with van der Waals surface area (Å²) in [6.07, 6.45) is -4.74. The predicted octanol–water partition coefficient (Wildman–Crippen LogP) is 5.20. The highest BCUT2D eigenvalue weighted by atomic mass is 35.5. The number of hydrogen-bond donors (Lipinski definition) is 1. The summed E-state index contributed by atoms with van der Waals surface area (Å²) in [5.41, 5.74) is 5.31. The number of rotatable bonds is 2. The van der Waals surface area contributed by atoms with Crippen molar-refractivity contribution in [2.45, 2.75) is 12.2 Å². The largest absolute Gasteiger partial charge is 0.419 e. The molecule has 2 aromatic rings. The first-order valence-electron chi connectivity index (χ1n) is 5.77. The fraction of sp³-hybridized carbons (Fsp3) is 0.143. The summed E-state index contributed by atoms with van der Waals surface area (Å²) < 4.78 is 51.0. The molecule has 2 aromatic carbocycles. The van der Waals surface area contributed by atoms with Crippen molar-refractivity contribution in [3.8, 4) is 0 Å². The molecule has 0 aliphatic heterocycles. The van der Waals surface area contributed by atoms with Gasteiger partial charge in [0.2, 0.25) is 0 Å². The molecular weight excluding hydrogens is 329 g/mol. The fourth-order valence-corrected chi connectivity index (χ4v) is 2.16. The summed E-state index contributed by atoms with van der Waals surface area (Å²) in [5, 5.41) is 0.586. The van der Waals surface area contributed by atoms with Gasteiger partial charge in [-0.05, 0) is 35.4 Å². The minimum Gasteiger partial charge on any atom is -0.320 e. The SMILES string of the molecule is NC(c1ccc(C(F)(F)F)c(F)c1)c1ccc(Cl)c(Cl)c1. The Morgan fingerprint density at radius 2 is 1.48 bits per heavy atom. The highest BCUT2D eigenvalue weighted by Gasteiger charge is 2.34. The van der Waals surface area contributed by atoms with Gasteiger partial charge in [-0.2, -0.15) is 13.2 Å². The lowest BCUT2D eigenvalue weighted by Gasteiger charge is -2.15. The average molecular weight is 338 g/mol. The Morgan fingerprint density at radius 1 is 0.905 bits per heavy atom. The van der Waals surface area contributed by atoms with Crippen LogP contribution in [-0.2, 0) is 6.18 Å². The molecule has 0 saturated heterocycles. The summed E-state index contributed by atoms with van der Waals surface area (Å²) in [6, 6.07) is 6.35. The Balaban J connectivity index is 2.38. The molecule has 0 amide bonds. The van der Waals surface area contributed by atoms with E-state index in [4.69, 9.17) is 28.9 Å². The smallest absolute Gasteiger partial charge is 0.320 e. The van der Waals surface area contributed by atoms with Crippen LogP contribution in [0.4, 0.5) is 17.6 Å². The number of alkyl halides is 3. The Kier molecular flexibility index (Phi) is 4.46. The van der Waals surface area contributed by atoms with E-state index in [1.807, 2.05) is 0 Å². The van der Waals surface area contributed by atoms with Crippen LogP contribution in [0, 0.1) is 5.82 Å². The monoisotopic (exact) mass is 337 g/mol. The minimum absolute atomic E-state index is 0.207. The molecule has 1 atom stereocenters. The molecule has 0 spiro atoms. The van der Waals surface area contributed by atoms with E-state index in [0.717, 1.165) is 12.1 Å². The average Bonchev–Trinajstić information content (AvgIpc) is 2.39. The molecule has 2 rings (SSSR count). The van der Waals surface area contributed by atoms with Crippen LogP contribution < -0.4 is 5.73 Å². The molecular formula is C14H9Cl2F4N. The van der Waals surface area contributed by atoms with Crippen molar-refractivity contribution in [2.75, 3.05) is 0 Å². The summed E-state index contributed by atoms with van der Waals surface area (Å²) in [5.74, 6) is -1.37. The second-order valence-corrected chi connectivity index (χ2v) is 5.20. The first-order valence-corrected chi connectivity index (χ1v) is 6.53. The Hall–Kier alpha value is -1.30. The molecule has 0 radical (unpaired) electrons. The van der Waals surface area contributed by atoms with Crippen molar-refractivity contribution in [2.24, 2.45) is 5.73 Å². The van der Waals surface area contributed by atoms with Crippen LogP contribution in [0.5, 0.6) is 0 Å². The second-order valence-electron chi connectivity index (χ2n) is 4.39. The zero-order chi connectivity index (χ0) is 15.8. The van der Waals surface area contributed by atoms with Gasteiger partial charge >= 0.3 is 6.18 Å². The van der Waals surface area contributed by atoms with Crippen molar-refractivity contribution >= 4 is 23.2 Å². The second kappa shape index (κ2) is 5.83. The van der Waals surface area contributed by atoms with Crippen LogP contribution in [0.1, 0.15) is 22.7 Å². The van der Waals surface area contributed by atoms with Crippen LogP contribution >= 0.6 is 23.2 Å². The summed E-state index contributed by atoms with van der Waals surface area (Å²) in [6.45, 7) is 0. The van der Waals surface area contributed by atoms with E-state index in [0.29, 0.717) is 16.7 Å². The van der Waals surface area contributed by atoms with Gasteiger partial charge in [0.05, 0.1) is 21.7 Å². The van der Waals surface area contributed by atoms with Crippen LogP contribution in [0.15, 0.2) is 36.4 Å². The first kappa shape index (κ1) is 16.1. The van der Waals surface area contributed by atoms with Gasteiger partial charge in [0.15, 0.2) is 0 Å². The highest BCUT2D eigenvalue weighted by Crippen LogP contribution is 2.33. The Bertz CT molecular complexity index is 671. The van der Waals surface area contributed by atoms with Crippen LogP contribution in [-0.4, -0.2) is 0 Å². The standard InChI is InChI=1S/C14H9Cl2F4N/c15-10-4-2-7(5-11(10)16)13(21)8-1-3-9(12(17)6-8)14(18,19)20/h1-6,13H,21H2. The quantitative estimate of drug-likeness (QED) is 0.749. The summed E-state index contributed by atoms with van der Waals surface area (Å²) >= 11 is 11.6. The lowest BCUT2D eigenvalue weighted by atomic mass is 9.98. The van der Waals surface area contributed by atoms with Crippen molar-refractivity contribution in [1.82, 2.24) is 0 Å². The normalized spacial score (nSPS) is 13.3. The van der Waals surface area contributed by atoms with E-state index in [1.54, 1.807) is 6.07 Å². The van der Waals surface area contributed by atoms with Crippen LogP contribution in [0.3, 0.4) is 0 Å². The maximum atomic E-state index is 13.5. The molecule has 0 aromatic heterocycles. The van der Waals surface area contributed by atoms with Gasteiger partial charge in [0, 0.05) is 0 Å². The van der Waals surface area contributed by atoms with Gasteiger partial charge in [0.1, 0.15) is 5.82 Å². The van der Waals surface area contributed by atoms with E-state index >= 15 is 0 Å². The van der Waals surface area contributed by atoms with E-state index in [1.165, 1.54) is 12.1 Å². The zero-order valence-electron chi connectivity index (χ0n) is 10.4. The number of halogens is 6. The maximum absolute atomic E-state index is 13.5. The molecule has 0 heterocycles. The van der Waals surface area contributed by atoms with E-state index in [-0.39, 0.29) is 10.6 Å². The molecule has 1 nitrogen and oxygen atoms in total. The number of nitrogens with two attached hydrogens (primary N) is 1. The zero-order valence-corrected chi connectivity index (χ0v) is 11.9. The van der Waals surface area contributed by atoms with Crippen molar-refractivity contribution in [1.29, 1.82) is 0 Å². The topological polar surface area (TPSA) is 26.0 Å². The Morgan fingerprint density at radius 3 is 2.00 bits per heavy atom. The number of hydrogen-bond acceptors (Lipinski definition) is 1. The van der Waals surface area contributed by atoms with Crippen LogP contribution in [0.25, 0.3) is 0 Å². The Labute approximate surface area is 128 Å². The molecule has 112 valence electrons. The summed E-state index contributed by atoms with van der Waals surface area (Å²) in [4.78, 5) is 0. The van der Waals surface area contributed by atoms with Gasteiger partial charge in [-0.3, -0.25) is 0 Å². The van der Waals surface area contributed by atoms with Gasteiger partial charge in [0.25, 0.3) is 0 Å². The van der Waals surface area contributed by atoms with Crippen molar-refractivity contribution in [3.63, 3.8) is 0 Å². The summed E-state index contributed by atoms with van der Waals surface area (Å²) in [7, 11) is 0. The third-order valence-electron chi connectivity index (χ3n) is 2.96. The van der Waals surface area contributed by atoms with Gasteiger partial charge in [-0.15, -0.1) is 0 Å². The molecule has 0 fully saturated rings. The molecule has 0 aliphatic rings. The van der Waals surface area contributed by atoms with Crippen molar-refractivity contribution < 1.29 is 17.6 Å². The molecule has 2 N–H and O–H groups in total. The van der Waals surface area contributed by atoms with Gasteiger partial charge < -0.3 is 5.73 Å². The molecule has 0 saturated carbocycles. The van der Waals surface area contributed by atoms with Crippen molar-refractivity contribution in [3.05, 3.63) is 69.0 Å². The lowest BCUT2D eigenvalue weighted by Crippen LogP contribution is -2.14. The van der Waals surface area contributed by atoms with E-state index in [9.17, 15) is 17.6 Å². The van der Waals surface area contributed by atoms with Gasteiger partial charge in [-0.25, -0.2) is 4.39 Å². The minimum atomic E-state index is -4.74. The van der Waals surface area contributed by atoms with E-state index in [2.05, 4.69) is 0 Å². The molecule has 1 unspecified atom stereocenters. The van der Waals surface area contributed by atoms with E-state index < -0.39 is 23.6 Å². The molecule has 21 heavy (non-hydrogen) atoms. The third kappa shape index (κ3) is 3.48. The molecule has 0 bridgehead atoms. The van der Waals surface area contributed by atoms with Crippen LogP contribution in [0.2, 0.25) is 10.0 Å². The third-order valence-corrected chi connectivity index (χ3v) is 3.70. The highest BCUT2D eigenvalue weighted by molar-refractivity contribution is 6.42. The maximum Gasteiger partial charge on any atom is 0.419 e. The fourth-order valence-electron chi connectivity index (χ4n) is 1.85. The lowest BCUT2D eigenvalue weighted by molar-refractivity contribution is -0.140. The molecule has 0 aliphatic carbocycles. The molecule has 7 heteroatoms.